The third-order valence-electron chi connectivity index (χ3n) is 4.58. The standard InChI is InChI=1S/C17H25N3O2S/c1-15-6-8-16(9-7-15)23(21,22)18-17(20-12-4-5-13-20)14-19-10-2-3-11-19/h6-9H,2-5,10-14H2,1H3/b18-17-. The Morgan fingerprint density at radius 2 is 1.57 bits per heavy atom. The molecular formula is C17H25N3O2S. The van der Waals surface area contributed by atoms with E-state index in [1.54, 1.807) is 12.1 Å². The number of aryl methyl sites for hydroxylation is 1. The van der Waals surface area contributed by atoms with E-state index in [0.717, 1.165) is 44.6 Å². The summed E-state index contributed by atoms with van der Waals surface area (Å²) in [5, 5.41) is 0. The van der Waals surface area contributed by atoms with Crippen LogP contribution in [-0.2, 0) is 10.0 Å². The van der Waals surface area contributed by atoms with Crippen LogP contribution in [0.15, 0.2) is 33.6 Å². The summed E-state index contributed by atoms with van der Waals surface area (Å²) in [5.74, 6) is 0.713. The van der Waals surface area contributed by atoms with E-state index >= 15 is 0 Å². The minimum absolute atomic E-state index is 0.279. The molecule has 0 bridgehead atoms. The zero-order valence-corrected chi connectivity index (χ0v) is 14.6. The fourth-order valence-electron chi connectivity index (χ4n) is 3.20. The largest absolute Gasteiger partial charge is 0.358 e. The predicted molar refractivity (Wildman–Crippen MR) is 92.3 cm³/mol. The first-order valence-corrected chi connectivity index (χ1v) is 9.86. The molecule has 1 aromatic carbocycles. The first-order chi connectivity index (χ1) is 11.0. The highest BCUT2D eigenvalue weighted by Gasteiger charge is 2.24. The third-order valence-corrected chi connectivity index (χ3v) is 5.90. The Morgan fingerprint density at radius 3 is 2.17 bits per heavy atom. The number of sulfonamides is 1. The smallest absolute Gasteiger partial charge is 0.283 e. The first-order valence-electron chi connectivity index (χ1n) is 8.42. The summed E-state index contributed by atoms with van der Waals surface area (Å²) < 4.78 is 29.5. The quantitative estimate of drug-likeness (QED) is 0.626. The van der Waals surface area contributed by atoms with Gasteiger partial charge >= 0.3 is 0 Å². The number of hydrogen-bond donors (Lipinski definition) is 0. The molecule has 0 unspecified atom stereocenters. The van der Waals surface area contributed by atoms with Gasteiger partial charge in [0.15, 0.2) is 0 Å². The molecule has 0 aliphatic carbocycles. The predicted octanol–water partition coefficient (Wildman–Crippen LogP) is 2.27. The summed E-state index contributed by atoms with van der Waals surface area (Å²) in [4.78, 5) is 4.73. The minimum Gasteiger partial charge on any atom is -0.358 e. The van der Waals surface area contributed by atoms with E-state index in [1.807, 2.05) is 19.1 Å². The molecule has 0 atom stereocenters. The summed E-state index contributed by atoms with van der Waals surface area (Å²) in [6, 6.07) is 6.92. The van der Waals surface area contributed by atoms with Crippen molar-refractivity contribution < 1.29 is 8.42 Å². The third kappa shape index (κ3) is 4.12. The highest BCUT2D eigenvalue weighted by atomic mass is 32.2. The topological polar surface area (TPSA) is 53.0 Å². The van der Waals surface area contributed by atoms with Crippen LogP contribution in [0.25, 0.3) is 0 Å². The monoisotopic (exact) mass is 335 g/mol. The lowest BCUT2D eigenvalue weighted by molar-refractivity contribution is 0.366. The van der Waals surface area contributed by atoms with E-state index < -0.39 is 10.0 Å². The van der Waals surface area contributed by atoms with Crippen LogP contribution in [0.3, 0.4) is 0 Å². The summed E-state index contributed by atoms with van der Waals surface area (Å²) >= 11 is 0. The van der Waals surface area contributed by atoms with Gasteiger partial charge in [-0.25, -0.2) is 0 Å². The molecule has 0 radical (unpaired) electrons. The van der Waals surface area contributed by atoms with E-state index in [1.165, 1.54) is 12.8 Å². The maximum atomic E-state index is 12.7. The van der Waals surface area contributed by atoms with Gasteiger partial charge in [-0.3, -0.25) is 4.90 Å². The molecule has 0 aromatic heterocycles. The van der Waals surface area contributed by atoms with Crippen molar-refractivity contribution in [2.24, 2.45) is 4.40 Å². The van der Waals surface area contributed by atoms with E-state index in [2.05, 4.69) is 14.2 Å². The van der Waals surface area contributed by atoms with Crippen LogP contribution in [0.5, 0.6) is 0 Å². The molecule has 2 fully saturated rings. The highest BCUT2D eigenvalue weighted by molar-refractivity contribution is 7.90. The number of rotatable bonds is 4. The fraction of sp³-hybridized carbons (Fsp3) is 0.588. The van der Waals surface area contributed by atoms with Gasteiger partial charge in [0.2, 0.25) is 0 Å². The lowest BCUT2D eigenvalue weighted by Gasteiger charge is -2.24. The zero-order chi connectivity index (χ0) is 16.3. The van der Waals surface area contributed by atoms with Crippen molar-refractivity contribution >= 4 is 15.9 Å². The molecule has 23 heavy (non-hydrogen) atoms. The SMILES string of the molecule is Cc1ccc(S(=O)(=O)/N=C(/CN2CCCC2)N2CCCC2)cc1. The van der Waals surface area contributed by atoms with Crippen molar-refractivity contribution in [2.45, 2.75) is 37.5 Å². The second-order valence-corrected chi connectivity index (χ2v) is 8.08. The van der Waals surface area contributed by atoms with Gasteiger partial charge in [-0.1, -0.05) is 17.7 Å². The van der Waals surface area contributed by atoms with Crippen LogP contribution in [0, 0.1) is 6.92 Å². The maximum absolute atomic E-state index is 12.7. The summed E-state index contributed by atoms with van der Waals surface area (Å²) in [7, 11) is -3.64. The molecule has 126 valence electrons. The normalized spacial score (nSPS) is 20.4. The van der Waals surface area contributed by atoms with Gasteiger partial charge in [-0.15, -0.1) is 4.40 Å². The first kappa shape index (κ1) is 16.5. The lowest BCUT2D eigenvalue weighted by Crippen LogP contribution is -2.38. The molecule has 0 saturated carbocycles. The number of amidine groups is 1. The van der Waals surface area contributed by atoms with Crippen LogP contribution >= 0.6 is 0 Å². The van der Waals surface area contributed by atoms with Crippen molar-refractivity contribution in [1.82, 2.24) is 9.80 Å². The molecule has 2 aliphatic rings. The van der Waals surface area contributed by atoms with Gasteiger partial charge in [0.1, 0.15) is 5.84 Å². The van der Waals surface area contributed by atoms with Gasteiger partial charge in [0, 0.05) is 13.1 Å². The van der Waals surface area contributed by atoms with E-state index in [-0.39, 0.29) is 4.90 Å². The molecule has 0 N–H and O–H groups in total. The second-order valence-electron chi connectivity index (χ2n) is 6.47. The Balaban J connectivity index is 1.86. The van der Waals surface area contributed by atoms with Gasteiger partial charge < -0.3 is 4.90 Å². The summed E-state index contributed by atoms with van der Waals surface area (Å²) in [6.07, 6.45) is 4.61. The average molecular weight is 335 g/mol. The Bertz CT molecular complexity index is 656. The Kier molecular flexibility index (Phi) is 5.02. The van der Waals surface area contributed by atoms with Gasteiger partial charge in [0.25, 0.3) is 10.0 Å². The Labute approximate surface area is 139 Å². The molecule has 2 heterocycles. The molecule has 6 heteroatoms. The highest BCUT2D eigenvalue weighted by Crippen LogP contribution is 2.17. The molecule has 5 nitrogen and oxygen atoms in total. The zero-order valence-electron chi connectivity index (χ0n) is 13.7. The van der Waals surface area contributed by atoms with Crippen LogP contribution < -0.4 is 0 Å². The summed E-state index contributed by atoms with van der Waals surface area (Å²) in [6.45, 7) is 6.49. The molecular weight excluding hydrogens is 310 g/mol. The van der Waals surface area contributed by atoms with Crippen LogP contribution in [0.2, 0.25) is 0 Å². The van der Waals surface area contributed by atoms with Crippen molar-refractivity contribution in [3.63, 3.8) is 0 Å². The average Bonchev–Trinajstić information content (AvgIpc) is 3.20. The van der Waals surface area contributed by atoms with Gasteiger partial charge in [-0.2, -0.15) is 8.42 Å². The second kappa shape index (κ2) is 7.01. The lowest BCUT2D eigenvalue weighted by atomic mass is 10.2. The summed E-state index contributed by atoms with van der Waals surface area (Å²) in [5.41, 5.74) is 1.05. The molecule has 2 saturated heterocycles. The number of hydrogen-bond acceptors (Lipinski definition) is 3. The number of nitrogens with zero attached hydrogens (tertiary/aromatic N) is 3. The Morgan fingerprint density at radius 1 is 1.00 bits per heavy atom. The van der Waals surface area contributed by atoms with Crippen molar-refractivity contribution in [3.8, 4) is 0 Å². The fourth-order valence-corrected chi connectivity index (χ4v) is 4.24. The van der Waals surface area contributed by atoms with Crippen LogP contribution in [0.1, 0.15) is 31.2 Å². The van der Waals surface area contributed by atoms with Crippen molar-refractivity contribution in [1.29, 1.82) is 0 Å². The van der Waals surface area contributed by atoms with E-state index in [4.69, 9.17) is 0 Å². The number of likely N-dealkylation sites (tertiary alicyclic amines) is 2. The van der Waals surface area contributed by atoms with E-state index in [0.29, 0.717) is 12.4 Å². The molecule has 2 aliphatic heterocycles. The van der Waals surface area contributed by atoms with Crippen molar-refractivity contribution in [3.05, 3.63) is 29.8 Å². The van der Waals surface area contributed by atoms with Gasteiger partial charge in [-0.05, 0) is 57.8 Å². The molecule has 1 aromatic rings. The van der Waals surface area contributed by atoms with E-state index in [9.17, 15) is 8.42 Å². The van der Waals surface area contributed by atoms with Crippen LogP contribution in [0.4, 0.5) is 0 Å². The van der Waals surface area contributed by atoms with Crippen molar-refractivity contribution in [2.75, 3.05) is 32.7 Å². The molecule has 0 spiro atoms. The van der Waals surface area contributed by atoms with Crippen LogP contribution in [-0.4, -0.2) is 56.8 Å². The molecule has 0 amide bonds. The molecule has 3 rings (SSSR count). The minimum atomic E-state index is -3.64. The van der Waals surface area contributed by atoms with Gasteiger partial charge in [0.05, 0.1) is 11.4 Å². The number of benzene rings is 1. The Hall–Kier alpha value is -1.40. The maximum Gasteiger partial charge on any atom is 0.283 e.